The Bertz CT molecular complexity index is 654. The highest BCUT2D eigenvalue weighted by Crippen LogP contribution is 2.26. The molecule has 0 fully saturated rings. The van der Waals surface area contributed by atoms with Crippen LogP contribution in [0.4, 0.5) is 21.5 Å². The zero-order chi connectivity index (χ0) is 15.4. The summed E-state index contributed by atoms with van der Waals surface area (Å²) >= 11 is 0. The molecule has 0 heterocycles. The molecule has 5 heteroatoms. The van der Waals surface area contributed by atoms with Gasteiger partial charge in [0.25, 0.3) is 0 Å². The first-order valence-corrected chi connectivity index (χ1v) is 6.69. The molecule has 0 saturated carbocycles. The van der Waals surface area contributed by atoms with Crippen molar-refractivity contribution >= 4 is 23.0 Å². The van der Waals surface area contributed by atoms with E-state index in [1.165, 1.54) is 5.56 Å². The molecule has 0 spiro atoms. The molecule has 0 aliphatic heterocycles. The number of aromatic carboxylic acids is 1. The zero-order valence-electron chi connectivity index (χ0n) is 11.7. The van der Waals surface area contributed by atoms with E-state index in [-0.39, 0.29) is 5.69 Å². The number of anilines is 3. The van der Waals surface area contributed by atoms with Crippen LogP contribution in [0.5, 0.6) is 0 Å². The third-order valence-corrected chi connectivity index (χ3v) is 3.14. The number of hydrogen-bond donors (Lipinski definition) is 3. The van der Waals surface area contributed by atoms with Crippen molar-refractivity contribution in [3.8, 4) is 0 Å². The first-order chi connectivity index (χ1) is 10.0. The monoisotopic (exact) mass is 288 g/mol. The van der Waals surface area contributed by atoms with E-state index >= 15 is 0 Å². The number of nitrogens with two attached hydrogens (primary N) is 1. The molecule has 0 aliphatic carbocycles. The summed E-state index contributed by atoms with van der Waals surface area (Å²) in [5, 5.41) is 11.8. The van der Waals surface area contributed by atoms with E-state index in [9.17, 15) is 9.18 Å². The maximum atomic E-state index is 13.7. The number of nitrogen functional groups attached to an aromatic ring is 1. The van der Waals surface area contributed by atoms with E-state index in [2.05, 4.69) is 12.2 Å². The van der Waals surface area contributed by atoms with Gasteiger partial charge < -0.3 is 16.2 Å². The molecule has 2 rings (SSSR count). The summed E-state index contributed by atoms with van der Waals surface area (Å²) in [5.41, 5.74) is 7.85. The number of aryl methyl sites for hydroxylation is 1. The second-order valence-electron chi connectivity index (χ2n) is 4.80. The lowest BCUT2D eigenvalue weighted by Gasteiger charge is -2.11. The van der Waals surface area contributed by atoms with Gasteiger partial charge in [0, 0.05) is 11.8 Å². The highest BCUT2D eigenvalue weighted by atomic mass is 19.1. The van der Waals surface area contributed by atoms with Gasteiger partial charge in [0.1, 0.15) is 5.82 Å². The summed E-state index contributed by atoms with van der Waals surface area (Å²) < 4.78 is 13.7. The Labute approximate surface area is 122 Å². The van der Waals surface area contributed by atoms with Crippen LogP contribution >= 0.6 is 0 Å². The summed E-state index contributed by atoms with van der Waals surface area (Å²) in [6, 6.07) is 9.96. The fraction of sp³-hybridized carbons (Fsp3) is 0.188. The second-order valence-corrected chi connectivity index (χ2v) is 4.80. The van der Waals surface area contributed by atoms with Gasteiger partial charge in [-0.2, -0.15) is 0 Å². The van der Waals surface area contributed by atoms with Gasteiger partial charge in [-0.15, -0.1) is 0 Å². The van der Waals surface area contributed by atoms with E-state index in [1.807, 2.05) is 24.3 Å². The molecule has 0 aromatic heterocycles. The van der Waals surface area contributed by atoms with Gasteiger partial charge in [-0.1, -0.05) is 25.5 Å². The van der Waals surface area contributed by atoms with E-state index in [1.54, 1.807) is 0 Å². The maximum absolute atomic E-state index is 13.7. The maximum Gasteiger partial charge on any atom is 0.338 e. The van der Waals surface area contributed by atoms with Gasteiger partial charge in [0.2, 0.25) is 0 Å². The van der Waals surface area contributed by atoms with Gasteiger partial charge in [-0.3, -0.25) is 0 Å². The molecule has 0 radical (unpaired) electrons. The van der Waals surface area contributed by atoms with E-state index < -0.39 is 17.3 Å². The van der Waals surface area contributed by atoms with Crippen molar-refractivity contribution in [3.63, 3.8) is 0 Å². The molecular weight excluding hydrogens is 271 g/mol. The van der Waals surface area contributed by atoms with Crippen molar-refractivity contribution in [2.45, 2.75) is 19.8 Å². The lowest BCUT2D eigenvalue weighted by molar-refractivity contribution is 0.0692. The number of halogens is 1. The van der Waals surface area contributed by atoms with Crippen LogP contribution in [0.15, 0.2) is 36.4 Å². The number of rotatable bonds is 5. The first-order valence-electron chi connectivity index (χ1n) is 6.69. The average Bonchev–Trinajstić information content (AvgIpc) is 2.44. The van der Waals surface area contributed by atoms with Crippen LogP contribution in [0, 0.1) is 5.82 Å². The Balaban J connectivity index is 2.23. The fourth-order valence-electron chi connectivity index (χ4n) is 2.06. The molecular formula is C16H17FN2O2. The van der Waals surface area contributed by atoms with Crippen molar-refractivity contribution < 1.29 is 14.3 Å². The normalized spacial score (nSPS) is 10.4. The summed E-state index contributed by atoms with van der Waals surface area (Å²) in [6.07, 6.45) is 2.08. The molecule has 0 amide bonds. The Hall–Kier alpha value is -2.56. The van der Waals surface area contributed by atoms with Crippen LogP contribution in [0.1, 0.15) is 29.3 Å². The number of carboxylic acid groups (broad SMARTS) is 1. The largest absolute Gasteiger partial charge is 0.478 e. The van der Waals surface area contributed by atoms with Crippen LogP contribution in [-0.2, 0) is 6.42 Å². The van der Waals surface area contributed by atoms with Gasteiger partial charge in [0.15, 0.2) is 0 Å². The summed E-state index contributed by atoms with van der Waals surface area (Å²) in [4.78, 5) is 10.8. The molecule has 0 saturated heterocycles. The van der Waals surface area contributed by atoms with Crippen molar-refractivity contribution in [1.82, 2.24) is 0 Å². The van der Waals surface area contributed by atoms with Crippen molar-refractivity contribution in [2.75, 3.05) is 11.1 Å². The van der Waals surface area contributed by atoms with Crippen LogP contribution in [0.25, 0.3) is 0 Å². The molecule has 2 aromatic rings. The number of carboxylic acids is 1. The quantitative estimate of drug-likeness (QED) is 0.731. The third-order valence-electron chi connectivity index (χ3n) is 3.14. The van der Waals surface area contributed by atoms with Gasteiger partial charge in [0.05, 0.1) is 16.9 Å². The molecule has 0 bridgehead atoms. The van der Waals surface area contributed by atoms with Gasteiger partial charge in [-0.05, 0) is 30.2 Å². The molecule has 4 N–H and O–H groups in total. The Morgan fingerprint density at radius 2 is 1.95 bits per heavy atom. The predicted molar refractivity (Wildman–Crippen MR) is 81.5 cm³/mol. The minimum Gasteiger partial charge on any atom is -0.478 e. The second kappa shape index (κ2) is 6.26. The van der Waals surface area contributed by atoms with Crippen molar-refractivity contribution in [3.05, 3.63) is 53.3 Å². The number of benzene rings is 2. The number of carbonyl (C=O) groups is 1. The van der Waals surface area contributed by atoms with Crippen LogP contribution in [0.2, 0.25) is 0 Å². The SMILES string of the molecule is CCCc1ccc(Nc2cc(F)c(C(=O)O)cc2N)cc1. The lowest BCUT2D eigenvalue weighted by atomic mass is 10.1. The van der Waals surface area contributed by atoms with Crippen molar-refractivity contribution in [1.29, 1.82) is 0 Å². The lowest BCUT2D eigenvalue weighted by Crippen LogP contribution is -2.05. The molecule has 0 unspecified atom stereocenters. The molecule has 0 atom stereocenters. The standard InChI is InChI=1S/C16H17FN2O2/c1-2-3-10-4-6-11(7-5-10)19-15-9-13(17)12(16(20)21)8-14(15)18/h4-9,19H,2-3,18H2,1H3,(H,20,21). The minimum absolute atomic E-state index is 0.187. The highest BCUT2D eigenvalue weighted by molar-refractivity contribution is 5.91. The fourth-order valence-corrected chi connectivity index (χ4v) is 2.06. The predicted octanol–water partition coefficient (Wildman–Crippen LogP) is 3.80. The zero-order valence-corrected chi connectivity index (χ0v) is 11.7. The molecule has 2 aromatic carbocycles. The topological polar surface area (TPSA) is 75.3 Å². The van der Waals surface area contributed by atoms with E-state index in [4.69, 9.17) is 10.8 Å². The Kier molecular flexibility index (Phi) is 4.42. The van der Waals surface area contributed by atoms with Gasteiger partial charge >= 0.3 is 5.97 Å². The number of hydrogen-bond acceptors (Lipinski definition) is 3. The minimum atomic E-state index is -1.34. The Morgan fingerprint density at radius 3 is 2.52 bits per heavy atom. The molecule has 21 heavy (non-hydrogen) atoms. The van der Waals surface area contributed by atoms with Gasteiger partial charge in [-0.25, -0.2) is 9.18 Å². The summed E-state index contributed by atoms with van der Waals surface area (Å²) in [5.74, 6) is -2.16. The molecule has 0 aliphatic rings. The number of nitrogens with one attached hydrogen (secondary N) is 1. The van der Waals surface area contributed by atoms with Crippen LogP contribution in [-0.4, -0.2) is 11.1 Å². The smallest absolute Gasteiger partial charge is 0.338 e. The molecule has 110 valence electrons. The molecule has 4 nitrogen and oxygen atoms in total. The van der Waals surface area contributed by atoms with Crippen molar-refractivity contribution in [2.24, 2.45) is 0 Å². The van der Waals surface area contributed by atoms with E-state index in [0.717, 1.165) is 30.7 Å². The summed E-state index contributed by atoms with van der Waals surface area (Å²) in [7, 11) is 0. The average molecular weight is 288 g/mol. The van der Waals surface area contributed by atoms with E-state index in [0.29, 0.717) is 5.69 Å². The third kappa shape index (κ3) is 3.51. The van der Waals surface area contributed by atoms with Crippen LogP contribution in [0.3, 0.4) is 0 Å². The Morgan fingerprint density at radius 1 is 1.29 bits per heavy atom. The van der Waals surface area contributed by atoms with Crippen LogP contribution < -0.4 is 11.1 Å². The summed E-state index contributed by atoms with van der Waals surface area (Å²) in [6.45, 7) is 2.11. The first kappa shape index (κ1) is 14.8. The highest BCUT2D eigenvalue weighted by Gasteiger charge is 2.13.